The van der Waals surface area contributed by atoms with Crippen LogP contribution in [0.3, 0.4) is 0 Å². The van der Waals surface area contributed by atoms with Crippen molar-refractivity contribution in [2.75, 3.05) is 4.90 Å². The van der Waals surface area contributed by atoms with Gasteiger partial charge in [0, 0.05) is 11.8 Å². The van der Waals surface area contributed by atoms with Crippen molar-refractivity contribution in [1.82, 2.24) is 0 Å². The lowest BCUT2D eigenvalue weighted by Gasteiger charge is -2.18. The normalized spacial score (nSPS) is 10.1. The number of amides is 1. The van der Waals surface area contributed by atoms with Crippen molar-refractivity contribution in [1.29, 1.82) is 0 Å². The molecule has 1 amide bonds. The first-order chi connectivity index (χ1) is 11.4. The number of rotatable bonds is 6. The van der Waals surface area contributed by atoms with E-state index in [0.717, 1.165) is 29.1 Å². The Morgan fingerprint density at radius 2 is 1.43 bits per heavy atom. The van der Waals surface area contributed by atoms with Crippen LogP contribution in [0, 0.1) is 0 Å². The van der Waals surface area contributed by atoms with Gasteiger partial charge in [-0.05, 0) is 29.8 Å². The number of carbonyl (C=O) groups is 1. The second-order valence-corrected chi connectivity index (χ2v) is 5.08. The van der Waals surface area contributed by atoms with Crippen LogP contribution in [0.2, 0.25) is 0 Å². The van der Waals surface area contributed by atoms with E-state index in [0.29, 0.717) is 6.61 Å². The molecule has 114 valence electrons. The lowest BCUT2D eigenvalue weighted by molar-refractivity contribution is -0.106. The molecular weight excluding hydrogens is 286 g/mol. The Hall–Kier alpha value is -3.07. The maximum Gasteiger partial charge on any atom is 0.218 e. The Kier molecular flexibility index (Phi) is 4.69. The van der Waals surface area contributed by atoms with Gasteiger partial charge in [0.2, 0.25) is 6.41 Å². The van der Waals surface area contributed by atoms with Gasteiger partial charge >= 0.3 is 0 Å². The number of benzene rings is 3. The molecule has 0 heterocycles. The maximum absolute atomic E-state index is 11.5. The lowest BCUT2D eigenvalue weighted by Crippen LogP contribution is -2.13. The third kappa shape index (κ3) is 3.77. The molecule has 3 nitrogen and oxygen atoms in total. The molecule has 0 aliphatic carbocycles. The van der Waals surface area contributed by atoms with Crippen LogP contribution in [-0.4, -0.2) is 6.41 Å². The molecule has 0 aliphatic heterocycles. The van der Waals surface area contributed by atoms with Gasteiger partial charge in [-0.3, -0.25) is 9.69 Å². The molecule has 0 spiro atoms. The minimum Gasteiger partial charge on any atom is -0.489 e. The van der Waals surface area contributed by atoms with Crippen molar-refractivity contribution >= 4 is 17.8 Å². The average Bonchev–Trinajstić information content (AvgIpc) is 2.63. The number of hydrogen-bond acceptors (Lipinski definition) is 2. The van der Waals surface area contributed by atoms with Gasteiger partial charge in [0.15, 0.2) is 0 Å². The van der Waals surface area contributed by atoms with E-state index in [1.54, 1.807) is 4.90 Å². The van der Waals surface area contributed by atoms with E-state index in [1.807, 2.05) is 84.9 Å². The van der Waals surface area contributed by atoms with E-state index in [2.05, 4.69) is 0 Å². The summed E-state index contributed by atoms with van der Waals surface area (Å²) in [5.74, 6) is 0.731. The lowest BCUT2D eigenvalue weighted by atomic mass is 10.2. The first-order valence-corrected chi connectivity index (χ1v) is 7.43. The highest BCUT2D eigenvalue weighted by atomic mass is 16.5. The highest BCUT2D eigenvalue weighted by molar-refractivity contribution is 5.86. The monoisotopic (exact) mass is 303 g/mol. The van der Waals surface area contributed by atoms with Crippen molar-refractivity contribution in [3.63, 3.8) is 0 Å². The molecule has 0 atom stereocenters. The molecule has 0 aliphatic rings. The molecule has 0 fully saturated rings. The Morgan fingerprint density at radius 3 is 2.13 bits per heavy atom. The Morgan fingerprint density at radius 1 is 0.783 bits per heavy atom. The molecule has 0 bridgehead atoms. The van der Waals surface area contributed by atoms with E-state index >= 15 is 0 Å². The fourth-order valence-electron chi connectivity index (χ4n) is 2.32. The summed E-state index contributed by atoms with van der Waals surface area (Å²) in [5, 5.41) is 0. The number of hydrogen-bond donors (Lipinski definition) is 0. The Bertz CT molecular complexity index is 757. The number of nitrogens with zero attached hydrogens (tertiary/aromatic N) is 1. The SMILES string of the molecule is O=CN(c1ccccc1)c1cccc(OCc2ccccc2)c1. The summed E-state index contributed by atoms with van der Waals surface area (Å²) >= 11 is 0. The van der Waals surface area contributed by atoms with Crippen molar-refractivity contribution in [3.05, 3.63) is 90.5 Å². The molecule has 3 aromatic carbocycles. The summed E-state index contributed by atoms with van der Waals surface area (Å²) in [6, 6.07) is 27.0. The summed E-state index contributed by atoms with van der Waals surface area (Å²) in [4.78, 5) is 13.1. The first kappa shape index (κ1) is 14.9. The molecule has 0 saturated heterocycles. The van der Waals surface area contributed by atoms with E-state index in [-0.39, 0.29) is 0 Å². The van der Waals surface area contributed by atoms with Crippen LogP contribution in [0.1, 0.15) is 5.56 Å². The number of ether oxygens (including phenoxy) is 1. The topological polar surface area (TPSA) is 29.5 Å². The zero-order chi connectivity index (χ0) is 15.9. The van der Waals surface area contributed by atoms with Crippen LogP contribution >= 0.6 is 0 Å². The second-order valence-electron chi connectivity index (χ2n) is 5.08. The maximum atomic E-state index is 11.5. The molecule has 0 N–H and O–H groups in total. The van der Waals surface area contributed by atoms with Crippen molar-refractivity contribution < 1.29 is 9.53 Å². The van der Waals surface area contributed by atoms with Crippen LogP contribution < -0.4 is 9.64 Å². The summed E-state index contributed by atoms with van der Waals surface area (Å²) in [7, 11) is 0. The molecule has 0 saturated carbocycles. The standard InChI is InChI=1S/C20H17NO2/c22-16-21(18-10-5-2-6-11-18)19-12-7-13-20(14-19)23-15-17-8-3-1-4-9-17/h1-14,16H,15H2. The third-order valence-corrected chi connectivity index (χ3v) is 3.48. The van der Waals surface area contributed by atoms with Gasteiger partial charge in [-0.15, -0.1) is 0 Å². The van der Waals surface area contributed by atoms with E-state index in [9.17, 15) is 4.79 Å². The largest absolute Gasteiger partial charge is 0.489 e. The Labute approximate surface area is 135 Å². The summed E-state index contributed by atoms with van der Waals surface area (Å²) in [5.41, 5.74) is 2.70. The zero-order valence-electron chi connectivity index (χ0n) is 12.6. The summed E-state index contributed by atoms with van der Waals surface area (Å²) < 4.78 is 5.82. The molecule has 0 aromatic heterocycles. The fraction of sp³-hybridized carbons (Fsp3) is 0.0500. The molecule has 23 heavy (non-hydrogen) atoms. The zero-order valence-corrected chi connectivity index (χ0v) is 12.6. The summed E-state index contributed by atoms with van der Waals surface area (Å²) in [6.45, 7) is 0.497. The fourth-order valence-corrected chi connectivity index (χ4v) is 2.32. The first-order valence-electron chi connectivity index (χ1n) is 7.43. The molecular formula is C20H17NO2. The van der Waals surface area contributed by atoms with Gasteiger partial charge < -0.3 is 4.74 Å². The highest BCUT2D eigenvalue weighted by Crippen LogP contribution is 2.27. The molecule has 3 rings (SSSR count). The van der Waals surface area contributed by atoms with Crippen LogP contribution in [0.15, 0.2) is 84.9 Å². The molecule has 3 aromatic rings. The number of para-hydroxylation sites is 1. The van der Waals surface area contributed by atoms with E-state index in [4.69, 9.17) is 4.74 Å². The van der Waals surface area contributed by atoms with Crippen LogP contribution in [-0.2, 0) is 11.4 Å². The average molecular weight is 303 g/mol. The number of anilines is 2. The highest BCUT2D eigenvalue weighted by Gasteiger charge is 2.08. The smallest absolute Gasteiger partial charge is 0.218 e. The van der Waals surface area contributed by atoms with Gasteiger partial charge in [0.1, 0.15) is 12.4 Å². The molecule has 3 heteroatoms. The van der Waals surface area contributed by atoms with E-state index in [1.165, 1.54) is 0 Å². The van der Waals surface area contributed by atoms with E-state index < -0.39 is 0 Å². The quantitative estimate of drug-likeness (QED) is 0.625. The predicted molar refractivity (Wildman–Crippen MR) is 91.9 cm³/mol. The van der Waals surface area contributed by atoms with Gasteiger partial charge in [-0.25, -0.2) is 0 Å². The van der Waals surface area contributed by atoms with Crippen molar-refractivity contribution in [3.8, 4) is 5.75 Å². The van der Waals surface area contributed by atoms with Crippen molar-refractivity contribution in [2.24, 2.45) is 0 Å². The van der Waals surface area contributed by atoms with Crippen LogP contribution in [0.4, 0.5) is 11.4 Å². The minimum absolute atomic E-state index is 0.497. The Balaban J connectivity index is 1.77. The predicted octanol–water partition coefficient (Wildman–Crippen LogP) is 4.56. The molecule has 0 unspecified atom stereocenters. The molecule has 0 radical (unpaired) electrons. The summed E-state index contributed by atoms with van der Waals surface area (Å²) in [6.07, 6.45) is 0.811. The van der Waals surface area contributed by atoms with Gasteiger partial charge in [0.05, 0.1) is 5.69 Å². The minimum atomic E-state index is 0.497. The number of carbonyl (C=O) groups excluding carboxylic acids is 1. The second kappa shape index (κ2) is 7.27. The van der Waals surface area contributed by atoms with Crippen LogP contribution in [0.25, 0.3) is 0 Å². The third-order valence-electron chi connectivity index (χ3n) is 3.48. The van der Waals surface area contributed by atoms with Gasteiger partial charge in [0.25, 0.3) is 0 Å². The van der Waals surface area contributed by atoms with Crippen LogP contribution in [0.5, 0.6) is 5.75 Å². The van der Waals surface area contributed by atoms with Crippen molar-refractivity contribution in [2.45, 2.75) is 6.61 Å². The van der Waals surface area contributed by atoms with Gasteiger partial charge in [-0.2, -0.15) is 0 Å². The van der Waals surface area contributed by atoms with Gasteiger partial charge in [-0.1, -0.05) is 54.6 Å².